The summed E-state index contributed by atoms with van der Waals surface area (Å²) in [5.74, 6) is -0.800. The second-order valence-corrected chi connectivity index (χ2v) is 5.15. The summed E-state index contributed by atoms with van der Waals surface area (Å²) in [4.78, 5) is 24.0. The number of carboxylic acids is 1. The Labute approximate surface area is 123 Å². The van der Waals surface area contributed by atoms with E-state index in [1.54, 1.807) is 0 Å². The average Bonchev–Trinajstić information content (AvgIpc) is 2.79. The minimum atomic E-state index is -0.800. The monoisotopic (exact) mass is 288 g/mol. The summed E-state index contributed by atoms with van der Waals surface area (Å²) in [6, 6.07) is 5.92. The van der Waals surface area contributed by atoms with Crippen molar-refractivity contribution in [2.45, 2.75) is 19.8 Å². The maximum Gasteiger partial charge on any atom is 0.305 e. The summed E-state index contributed by atoms with van der Waals surface area (Å²) in [5, 5.41) is 9.76. The number of hydrogen-bond acceptors (Lipinski definition) is 3. The lowest BCUT2D eigenvalue weighted by Crippen LogP contribution is -2.26. The normalized spacial score (nSPS) is 10.8. The van der Waals surface area contributed by atoms with Crippen molar-refractivity contribution in [2.24, 2.45) is 7.05 Å². The van der Waals surface area contributed by atoms with Gasteiger partial charge in [0, 0.05) is 48.5 Å². The predicted molar refractivity (Wildman–Crippen MR) is 83.1 cm³/mol. The topological polar surface area (TPSA) is 62.5 Å². The molecule has 0 aliphatic heterocycles. The molecule has 0 atom stereocenters. The number of aryl methyl sites for hydroxylation is 1. The Kier molecular flexibility index (Phi) is 4.62. The van der Waals surface area contributed by atoms with E-state index in [0.29, 0.717) is 12.1 Å². The zero-order chi connectivity index (χ0) is 15.4. The van der Waals surface area contributed by atoms with Crippen LogP contribution < -0.4 is 4.90 Å². The predicted octanol–water partition coefficient (Wildman–Crippen LogP) is 2.68. The highest BCUT2D eigenvalue weighted by Crippen LogP contribution is 2.26. The smallest absolute Gasteiger partial charge is 0.305 e. The SMILES string of the molecule is CCCN(CCC(=O)O)c1ccc2c(c1)c(C=O)cn2C. The third-order valence-corrected chi connectivity index (χ3v) is 3.59. The van der Waals surface area contributed by atoms with E-state index in [1.807, 2.05) is 36.0 Å². The van der Waals surface area contributed by atoms with Gasteiger partial charge in [-0.1, -0.05) is 6.92 Å². The van der Waals surface area contributed by atoms with Gasteiger partial charge in [0.05, 0.1) is 6.42 Å². The first-order valence-electron chi connectivity index (χ1n) is 7.07. The molecule has 1 aromatic heterocycles. The van der Waals surface area contributed by atoms with Gasteiger partial charge in [-0.15, -0.1) is 0 Å². The highest BCUT2D eigenvalue weighted by atomic mass is 16.4. The number of benzene rings is 1. The fourth-order valence-electron chi connectivity index (χ4n) is 2.57. The fraction of sp³-hybridized carbons (Fsp3) is 0.375. The highest BCUT2D eigenvalue weighted by molar-refractivity contribution is 5.99. The Morgan fingerprint density at radius 3 is 2.76 bits per heavy atom. The molecule has 2 rings (SSSR count). The molecule has 0 amide bonds. The van der Waals surface area contributed by atoms with E-state index in [4.69, 9.17) is 5.11 Å². The Morgan fingerprint density at radius 2 is 2.14 bits per heavy atom. The van der Waals surface area contributed by atoms with Crippen molar-refractivity contribution < 1.29 is 14.7 Å². The molecule has 0 spiro atoms. The number of nitrogens with zero attached hydrogens (tertiary/aromatic N) is 2. The van der Waals surface area contributed by atoms with Crippen LogP contribution in [0.3, 0.4) is 0 Å². The second kappa shape index (κ2) is 6.43. The van der Waals surface area contributed by atoms with Gasteiger partial charge in [-0.3, -0.25) is 9.59 Å². The minimum absolute atomic E-state index is 0.105. The number of carbonyl (C=O) groups excluding carboxylic acids is 1. The number of carboxylic acid groups (broad SMARTS) is 1. The van der Waals surface area contributed by atoms with Crippen LogP contribution in [0.15, 0.2) is 24.4 Å². The number of carbonyl (C=O) groups is 2. The quantitative estimate of drug-likeness (QED) is 0.796. The van der Waals surface area contributed by atoms with Crippen molar-refractivity contribution in [3.63, 3.8) is 0 Å². The molecule has 0 aliphatic rings. The van der Waals surface area contributed by atoms with Crippen molar-refractivity contribution in [3.8, 4) is 0 Å². The molecule has 21 heavy (non-hydrogen) atoms. The van der Waals surface area contributed by atoms with Crippen molar-refractivity contribution in [2.75, 3.05) is 18.0 Å². The first kappa shape index (κ1) is 15.1. The zero-order valence-electron chi connectivity index (χ0n) is 12.4. The van der Waals surface area contributed by atoms with Crippen LogP contribution in [0.25, 0.3) is 10.9 Å². The van der Waals surface area contributed by atoms with E-state index in [0.717, 1.165) is 35.8 Å². The summed E-state index contributed by atoms with van der Waals surface area (Å²) in [5.41, 5.74) is 2.61. The van der Waals surface area contributed by atoms with Crippen LogP contribution in [0.5, 0.6) is 0 Å². The zero-order valence-corrected chi connectivity index (χ0v) is 12.4. The lowest BCUT2D eigenvalue weighted by atomic mass is 10.1. The van der Waals surface area contributed by atoms with E-state index >= 15 is 0 Å². The molecule has 0 aliphatic carbocycles. The van der Waals surface area contributed by atoms with Crippen LogP contribution in [-0.2, 0) is 11.8 Å². The van der Waals surface area contributed by atoms with Crippen molar-refractivity contribution in [1.29, 1.82) is 0 Å². The Hall–Kier alpha value is -2.30. The molecule has 1 aromatic carbocycles. The molecule has 0 fully saturated rings. The Bertz CT molecular complexity index is 661. The largest absolute Gasteiger partial charge is 0.481 e. The van der Waals surface area contributed by atoms with Gasteiger partial charge >= 0.3 is 5.97 Å². The summed E-state index contributed by atoms with van der Waals surface area (Å²) < 4.78 is 1.92. The molecular weight excluding hydrogens is 268 g/mol. The van der Waals surface area contributed by atoms with Crippen LogP contribution in [0, 0.1) is 0 Å². The van der Waals surface area contributed by atoms with Gasteiger partial charge < -0.3 is 14.6 Å². The van der Waals surface area contributed by atoms with Crippen molar-refractivity contribution in [3.05, 3.63) is 30.0 Å². The van der Waals surface area contributed by atoms with Gasteiger partial charge in [0.15, 0.2) is 6.29 Å². The minimum Gasteiger partial charge on any atom is -0.481 e. The maximum absolute atomic E-state index is 11.2. The highest BCUT2D eigenvalue weighted by Gasteiger charge is 2.11. The van der Waals surface area contributed by atoms with Crippen LogP contribution in [-0.4, -0.2) is 35.0 Å². The number of aromatic nitrogens is 1. The van der Waals surface area contributed by atoms with Crippen LogP contribution >= 0.6 is 0 Å². The summed E-state index contributed by atoms with van der Waals surface area (Å²) >= 11 is 0. The number of rotatable bonds is 7. The van der Waals surface area contributed by atoms with Gasteiger partial charge in [-0.05, 0) is 24.6 Å². The lowest BCUT2D eigenvalue weighted by Gasteiger charge is -2.23. The number of hydrogen-bond donors (Lipinski definition) is 1. The van der Waals surface area contributed by atoms with E-state index in [2.05, 4.69) is 11.8 Å². The standard InChI is InChI=1S/C16H20N2O3/c1-3-7-18(8-6-16(20)21)13-4-5-15-14(9-13)12(11-19)10-17(15)2/h4-5,9-11H,3,6-8H2,1-2H3,(H,20,21). The summed E-state index contributed by atoms with van der Waals surface area (Å²) in [6.07, 6.45) is 3.71. The first-order chi connectivity index (χ1) is 10.1. The molecule has 2 aromatic rings. The average molecular weight is 288 g/mol. The van der Waals surface area contributed by atoms with E-state index in [9.17, 15) is 9.59 Å². The van der Waals surface area contributed by atoms with Gasteiger partial charge in [0.1, 0.15) is 0 Å². The molecular formula is C16H20N2O3. The van der Waals surface area contributed by atoms with Gasteiger partial charge in [0.2, 0.25) is 0 Å². The molecule has 0 unspecified atom stereocenters. The van der Waals surface area contributed by atoms with Gasteiger partial charge in [0.25, 0.3) is 0 Å². The number of anilines is 1. The first-order valence-corrected chi connectivity index (χ1v) is 7.07. The Morgan fingerprint density at radius 1 is 1.38 bits per heavy atom. The van der Waals surface area contributed by atoms with Gasteiger partial charge in [-0.2, -0.15) is 0 Å². The maximum atomic E-state index is 11.2. The van der Waals surface area contributed by atoms with E-state index in [-0.39, 0.29) is 6.42 Å². The lowest BCUT2D eigenvalue weighted by molar-refractivity contribution is -0.136. The molecule has 0 saturated heterocycles. The molecule has 0 radical (unpaired) electrons. The van der Waals surface area contributed by atoms with E-state index < -0.39 is 5.97 Å². The molecule has 1 heterocycles. The molecule has 112 valence electrons. The molecule has 5 nitrogen and oxygen atoms in total. The van der Waals surface area contributed by atoms with Gasteiger partial charge in [-0.25, -0.2) is 0 Å². The van der Waals surface area contributed by atoms with Crippen LogP contribution in [0.4, 0.5) is 5.69 Å². The number of aldehydes is 1. The number of fused-ring (bicyclic) bond motifs is 1. The molecule has 1 N–H and O–H groups in total. The fourth-order valence-corrected chi connectivity index (χ4v) is 2.57. The number of aliphatic carboxylic acids is 1. The molecule has 0 bridgehead atoms. The molecule has 0 saturated carbocycles. The van der Waals surface area contributed by atoms with Crippen molar-refractivity contribution in [1.82, 2.24) is 4.57 Å². The third kappa shape index (κ3) is 3.24. The van der Waals surface area contributed by atoms with E-state index in [1.165, 1.54) is 0 Å². The van der Waals surface area contributed by atoms with Crippen LogP contribution in [0.1, 0.15) is 30.1 Å². The Balaban J connectivity index is 2.38. The summed E-state index contributed by atoms with van der Waals surface area (Å²) in [7, 11) is 1.91. The summed E-state index contributed by atoms with van der Waals surface area (Å²) in [6.45, 7) is 3.33. The second-order valence-electron chi connectivity index (χ2n) is 5.15. The molecule has 5 heteroatoms. The van der Waals surface area contributed by atoms with Crippen LogP contribution in [0.2, 0.25) is 0 Å². The third-order valence-electron chi connectivity index (χ3n) is 3.59. The van der Waals surface area contributed by atoms with Crippen molar-refractivity contribution >= 4 is 28.8 Å².